The molecule has 1 aliphatic carbocycles. The fraction of sp³-hybridized carbons (Fsp3) is 0.304. The van der Waals surface area contributed by atoms with E-state index in [0.717, 1.165) is 30.5 Å². The molecule has 1 aromatic heterocycles. The van der Waals surface area contributed by atoms with Crippen LogP contribution in [0.2, 0.25) is 0 Å². The maximum absolute atomic E-state index is 13.4. The molecule has 30 heavy (non-hydrogen) atoms. The number of hydrogen-bond donors (Lipinski definition) is 2. The molecule has 2 N–H and O–H groups in total. The smallest absolute Gasteiger partial charge is 0.289 e. The summed E-state index contributed by atoms with van der Waals surface area (Å²) < 4.78 is 26.5. The summed E-state index contributed by atoms with van der Waals surface area (Å²) in [6.07, 6.45) is 4.61. The van der Waals surface area contributed by atoms with E-state index in [4.69, 9.17) is 0 Å². The van der Waals surface area contributed by atoms with Crippen LogP contribution in [0.5, 0.6) is 0 Å². The molecule has 2 aromatic carbocycles. The highest BCUT2D eigenvalue weighted by atomic mass is 19.1. The molecular weight excluding hydrogens is 386 g/mol. The molecule has 0 saturated heterocycles. The minimum atomic E-state index is -0.380. The molecule has 1 aliphatic rings. The number of nitrogens with one attached hydrogen (secondary N) is 2. The number of fused-ring (bicyclic) bond motifs is 1. The monoisotopic (exact) mass is 410 g/mol. The summed E-state index contributed by atoms with van der Waals surface area (Å²) in [7, 11) is 0. The highest BCUT2D eigenvalue weighted by Crippen LogP contribution is 2.24. The van der Waals surface area contributed by atoms with Crippen molar-refractivity contribution in [3.8, 4) is 0 Å². The quantitative estimate of drug-likeness (QED) is 0.628. The highest BCUT2D eigenvalue weighted by Gasteiger charge is 2.28. The third-order valence-corrected chi connectivity index (χ3v) is 5.47. The molecule has 4 rings (SSSR count). The van der Waals surface area contributed by atoms with E-state index in [0.29, 0.717) is 24.1 Å². The second-order valence-corrected chi connectivity index (χ2v) is 7.48. The molecule has 0 radical (unpaired) electrons. The number of rotatable bonds is 6. The summed E-state index contributed by atoms with van der Waals surface area (Å²) in [6, 6.07) is 10.7. The largest absolute Gasteiger partial charge is 0.384 e. The number of amides is 1. The highest BCUT2D eigenvalue weighted by molar-refractivity contribution is 5.94. The van der Waals surface area contributed by atoms with Crippen LogP contribution in [-0.2, 0) is 6.54 Å². The topological polar surface area (TPSA) is 61.0 Å². The van der Waals surface area contributed by atoms with Gasteiger partial charge in [0.15, 0.2) is 5.82 Å². The third kappa shape index (κ3) is 4.35. The van der Waals surface area contributed by atoms with Crippen LogP contribution >= 0.6 is 0 Å². The van der Waals surface area contributed by atoms with Crippen molar-refractivity contribution in [2.45, 2.75) is 38.8 Å². The van der Waals surface area contributed by atoms with Crippen molar-refractivity contribution in [3.63, 3.8) is 0 Å². The molecule has 156 valence electrons. The Morgan fingerprint density at radius 1 is 1.20 bits per heavy atom. The second kappa shape index (κ2) is 8.65. The van der Waals surface area contributed by atoms with Crippen molar-refractivity contribution in [1.29, 1.82) is 0 Å². The molecule has 1 unspecified atom stereocenters. The minimum absolute atomic E-state index is 0.0492. The number of aromatic amines is 1. The zero-order chi connectivity index (χ0) is 21.1. The van der Waals surface area contributed by atoms with Gasteiger partial charge in [-0.25, -0.2) is 13.8 Å². The lowest BCUT2D eigenvalue weighted by molar-refractivity contribution is 0.0663. The van der Waals surface area contributed by atoms with Gasteiger partial charge in [0.25, 0.3) is 5.91 Å². The number of aromatic nitrogens is 2. The standard InChI is InChI=1S/C23H24F2N4O/c1-2-29(23(30)22-27-20-11-10-17(25)12-21(20)28-22)19-5-3-4-18(13-19)26-14-15-6-8-16(24)9-7-15/h4,6-12,19,26H,2-3,5,13-14H2,1H3,(H,27,28). The van der Waals surface area contributed by atoms with E-state index in [9.17, 15) is 13.6 Å². The summed E-state index contributed by atoms with van der Waals surface area (Å²) in [4.78, 5) is 22.2. The average molecular weight is 410 g/mol. The lowest BCUT2D eigenvalue weighted by Crippen LogP contribution is -2.42. The maximum Gasteiger partial charge on any atom is 0.289 e. The van der Waals surface area contributed by atoms with Crippen LogP contribution in [0.4, 0.5) is 8.78 Å². The second-order valence-electron chi connectivity index (χ2n) is 7.48. The van der Waals surface area contributed by atoms with E-state index in [1.807, 2.05) is 11.8 Å². The van der Waals surface area contributed by atoms with Crippen LogP contribution in [0.25, 0.3) is 11.0 Å². The normalized spacial score (nSPS) is 16.4. The Morgan fingerprint density at radius 2 is 1.97 bits per heavy atom. The predicted octanol–water partition coefficient (Wildman–Crippen LogP) is 4.53. The van der Waals surface area contributed by atoms with Gasteiger partial charge in [0.1, 0.15) is 11.6 Å². The van der Waals surface area contributed by atoms with Crippen molar-refractivity contribution in [2.24, 2.45) is 0 Å². The Labute approximate surface area is 173 Å². The first-order chi connectivity index (χ1) is 14.5. The zero-order valence-electron chi connectivity index (χ0n) is 16.8. The molecule has 0 fully saturated rings. The van der Waals surface area contributed by atoms with Gasteiger partial charge in [-0.2, -0.15) is 0 Å². The number of benzene rings is 2. The minimum Gasteiger partial charge on any atom is -0.384 e. The third-order valence-electron chi connectivity index (χ3n) is 5.47. The number of carbonyl (C=O) groups excluding carboxylic acids is 1. The molecular formula is C23H24F2N4O. The Balaban J connectivity index is 1.43. The first-order valence-corrected chi connectivity index (χ1v) is 10.2. The summed E-state index contributed by atoms with van der Waals surface area (Å²) in [5.74, 6) is -0.581. The molecule has 1 atom stereocenters. The van der Waals surface area contributed by atoms with E-state index in [-0.39, 0.29) is 29.4 Å². The number of halogens is 2. The molecule has 0 spiro atoms. The van der Waals surface area contributed by atoms with E-state index < -0.39 is 0 Å². The summed E-state index contributed by atoms with van der Waals surface area (Å²) in [5.41, 5.74) is 3.16. The Morgan fingerprint density at radius 3 is 2.73 bits per heavy atom. The van der Waals surface area contributed by atoms with Crippen LogP contribution in [0.3, 0.4) is 0 Å². The van der Waals surface area contributed by atoms with Gasteiger partial charge < -0.3 is 15.2 Å². The summed E-state index contributed by atoms with van der Waals surface area (Å²) >= 11 is 0. The van der Waals surface area contributed by atoms with Gasteiger partial charge >= 0.3 is 0 Å². The van der Waals surface area contributed by atoms with E-state index in [2.05, 4.69) is 21.4 Å². The summed E-state index contributed by atoms with van der Waals surface area (Å²) in [5, 5.41) is 3.41. The van der Waals surface area contributed by atoms with Crippen LogP contribution in [0, 0.1) is 11.6 Å². The fourth-order valence-corrected chi connectivity index (χ4v) is 3.90. The van der Waals surface area contributed by atoms with Gasteiger partial charge in [0.2, 0.25) is 0 Å². The van der Waals surface area contributed by atoms with E-state index in [1.165, 1.54) is 24.3 Å². The number of imidazole rings is 1. The Kier molecular flexibility index (Phi) is 5.79. The van der Waals surface area contributed by atoms with E-state index >= 15 is 0 Å². The Bertz CT molecular complexity index is 1070. The lowest BCUT2D eigenvalue weighted by atomic mass is 9.97. The molecule has 0 saturated carbocycles. The van der Waals surface area contributed by atoms with Gasteiger partial charge in [-0.1, -0.05) is 18.2 Å². The molecule has 1 amide bonds. The fourth-order valence-electron chi connectivity index (χ4n) is 3.90. The van der Waals surface area contributed by atoms with Crippen LogP contribution < -0.4 is 5.32 Å². The molecule has 1 heterocycles. The maximum atomic E-state index is 13.4. The number of nitrogens with zero attached hydrogens (tertiary/aromatic N) is 2. The van der Waals surface area contributed by atoms with Crippen LogP contribution in [-0.4, -0.2) is 33.4 Å². The first-order valence-electron chi connectivity index (χ1n) is 10.2. The van der Waals surface area contributed by atoms with Gasteiger partial charge in [-0.05, 0) is 49.6 Å². The first kappa shape index (κ1) is 20.1. The summed E-state index contributed by atoms with van der Waals surface area (Å²) in [6.45, 7) is 3.11. The van der Waals surface area contributed by atoms with Crippen molar-refractivity contribution in [2.75, 3.05) is 6.54 Å². The molecule has 3 aromatic rings. The van der Waals surface area contributed by atoms with Crippen molar-refractivity contribution in [3.05, 3.63) is 77.3 Å². The van der Waals surface area contributed by atoms with Gasteiger partial charge in [-0.3, -0.25) is 4.79 Å². The number of H-pyrrole nitrogens is 1. The SMILES string of the molecule is CCN(C(=O)c1nc2cc(F)ccc2[nH]1)C1CCC=C(NCc2ccc(F)cc2)C1. The molecule has 0 aliphatic heterocycles. The van der Waals surface area contributed by atoms with Crippen molar-refractivity contribution >= 4 is 16.9 Å². The lowest BCUT2D eigenvalue weighted by Gasteiger charge is -2.33. The van der Waals surface area contributed by atoms with E-state index in [1.54, 1.807) is 18.2 Å². The van der Waals surface area contributed by atoms with Gasteiger partial charge in [-0.15, -0.1) is 0 Å². The number of allylic oxidation sites excluding steroid dienone is 1. The number of hydrogen-bond acceptors (Lipinski definition) is 3. The average Bonchev–Trinajstić information content (AvgIpc) is 3.17. The van der Waals surface area contributed by atoms with Crippen LogP contribution in [0.1, 0.15) is 42.4 Å². The molecule has 5 nitrogen and oxygen atoms in total. The van der Waals surface area contributed by atoms with Crippen molar-refractivity contribution < 1.29 is 13.6 Å². The predicted molar refractivity (Wildman–Crippen MR) is 112 cm³/mol. The van der Waals surface area contributed by atoms with Crippen molar-refractivity contribution in [1.82, 2.24) is 20.2 Å². The van der Waals surface area contributed by atoms with Gasteiger partial charge in [0.05, 0.1) is 11.0 Å². The number of carbonyl (C=O) groups is 1. The molecule has 0 bridgehead atoms. The van der Waals surface area contributed by atoms with Gasteiger partial charge in [0, 0.05) is 37.3 Å². The van der Waals surface area contributed by atoms with Crippen LogP contribution in [0.15, 0.2) is 54.2 Å². The molecule has 7 heteroatoms. The Hall–Kier alpha value is -3.22. The zero-order valence-corrected chi connectivity index (χ0v) is 16.8.